The molecule has 0 amide bonds. The van der Waals surface area contributed by atoms with E-state index in [1.54, 1.807) is 6.20 Å². The lowest BCUT2D eigenvalue weighted by Gasteiger charge is -2.19. The lowest BCUT2D eigenvalue weighted by molar-refractivity contribution is -0.385. The van der Waals surface area contributed by atoms with Crippen LogP contribution in [-0.2, 0) is 0 Å². The molecule has 1 atom stereocenters. The second-order valence-electron chi connectivity index (χ2n) is 5.24. The van der Waals surface area contributed by atoms with Crippen molar-refractivity contribution >= 4 is 11.4 Å². The van der Waals surface area contributed by atoms with Crippen molar-refractivity contribution in [3.8, 4) is 5.88 Å². The van der Waals surface area contributed by atoms with Gasteiger partial charge in [-0.1, -0.05) is 0 Å². The van der Waals surface area contributed by atoms with E-state index in [0.717, 1.165) is 30.9 Å². The van der Waals surface area contributed by atoms with Gasteiger partial charge in [0.1, 0.15) is 12.3 Å². The molecular formula is C15H16N4O3. The molecule has 0 aromatic carbocycles. The van der Waals surface area contributed by atoms with Gasteiger partial charge in [0, 0.05) is 42.7 Å². The summed E-state index contributed by atoms with van der Waals surface area (Å²) >= 11 is 0. The van der Waals surface area contributed by atoms with Gasteiger partial charge in [-0.15, -0.1) is 0 Å². The predicted molar refractivity (Wildman–Crippen MR) is 81.1 cm³/mol. The predicted octanol–water partition coefficient (Wildman–Crippen LogP) is 2.35. The second-order valence-corrected chi connectivity index (χ2v) is 5.24. The van der Waals surface area contributed by atoms with E-state index < -0.39 is 4.92 Å². The summed E-state index contributed by atoms with van der Waals surface area (Å²) in [6, 6.07) is 6.98. The van der Waals surface area contributed by atoms with Gasteiger partial charge in [0.15, 0.2) is 0 Å². The molecule has 1 aliphatic heterocycles. The third-order valence-electron chi connectivity index (χ3n) is 3.61. The molecule has 1 unspecified atom stereocenters. The average molecular weight is 300 g/mol. The van der Waals surface area contributed by atoms with Gasteiger partial charge in [-0.2, -0.15) is 0 Å². The third-order valence-corrected chi connectivity index (χ3v) is 3.61. The number of aryl methyl sites for hydroxylation is 1. The Morgan fingerprint density at radius 2 is 2.23 bits per heavy atom. The zero-order valence-corrected chi connectivity index (χ0v) is 12.2. The molecule has 3 heterocycles. The molecule has 22 heavy (non-hydrogen) atoms. The fourth-order valence-corrected chi connectivity index (χ4v) is 2.51. The van der Waals surface area contributed by atoms with Crippen molar-refractivity contribution in [3.05, 3.63) is 52.5 Å². The van der Waals surface area contributed by atoms with Crippen molar-refractivity contribution in [1.82, 2.24) is 9.97 Å². The van der Waals surface area contributed by atoms with Gasteiger partial charge in [-0.3, -0.25) is 15.1 Å². The van der Waals surface area contributed by atoms with E-state index in [9.17, 15) is 10.1 Å². The highest BCUT2D eigenvalue weighted by Crippen LogP contribution is 2.23. The van der Waals surface area contributed by atoms with Gasteiger partial charge < -0.3 is 9.64 Å². The lowest BCUT2D eigenvalue weighted by atomic mass is 10.3. The van der Waals surface area contributed by atoms with E-state index in [-0.39, 0.29) is 11.8 Å². The van der Waals surface area contributed by atoms with Crippen molar-refractivity contribution in [2.75, 3.05) is 18.0 Å². The van der Waals surface area contributed by atoms with Crippen LogP contribution in [-0.4, -0.2) is 34.1 Å². The molecule has 114 valence electrons. The number of ether oxygens (including phenoxy) is 1. The summed E-state index contributed by atoms with van der Waals surface area (Å²) in [5.74, 6) is 0.420. The number of hydrogen-bond acceptors (Lipinski definition) is 6. The molecule has 1 aliphatic rings. The van der Waals surface area contributed by atoms with E-state index in [0.29, 0.717) is 5.88 Å². The maximum atomic E-state index is 10.6. The quantitative estimate of drug-likeness (QED) is 0.637. The fraction of sp³-hybridized carbons (Fsp3) is 0.333. The van der Waals surface area contributed by atoms with E-state index in [4.69, 9.17) is 4.74 Å². The topological polar surface area (TPSA) is 81.4 Å². The van der Waals surface area contributed by atoms with Crippen LogP contribution >= 0.6 is 0 Å². The zero-order valence-electron chi connectivity index (χ0n) is 12.2. The Bertz CT molecular complexity index is 675. The van der Waals surface area contributed by atoms with Gasteiger partial charge in [-0.25, -0.2) is 4.98 Å². The molecule has 0 radical (unpaired) electrons. The molecule has 0 saturated carbocycles. The summed E-state index contributed by atoms with van der Waals surface area (Å²) in [5, 5.41) is 10.6. The molecule has 0 spiro atoms. The molecule has 1 saturated heterocycles. The standard InChI is InChI=1S/C15H16N4O3/c1-11-8-12(4-6-16-11)18-7-5-14(10-18)22-15-3-2-13(9-17-15)19(20)21/h2-4,6,8-9,14H,5,7,10H2,1H3. The Labute approximate surface area is 127 Å². The van der Waals surface area contributed by atoms with E-state index in [1.165, 1.54) is 18.3 Å². The average Bonchev–Trinajstić information content (AvgIpc) is 2.96. The first-order valence-corrected chi connectivity index (χ1v) is 7.06. The number of hydrogen-bond donors (Lipinski definition) is 0. The minimum Gasteiger partial charge on any atom is -0.472 e. The minimum absolute atomic E-state index is 0.0300. The molecule has 2 aromatic heterocycles. The first kappa shape index (κ1) is 14.2. The number of rotatable bonds is 4. The van der Waals surface area contributed by atoms with Crippen LogP contribution in [0.5, 0.6) is 5.88 Å². The highest BCUT2D eigenvalue weighted by atomic mass is 16.6. The summed E-state index contributed by atoms with van der Waals surface area (Å²) in [4.78, 5) is 20.5. The molecule has 3 rings (SSSR count). The SMILES string of the molecule is Cc1cc(N2CCC(Oc3ccc([N+](=O)[O-])cn3)C2)ccn1. The van der Waals surface area contributed by atoms with Crippen molar-refractivity contribution in [1.29, 1.82) is 0 Å². The van der Waals surface area contributed by atoms with E-state index in [1.807, 2.05) is 19.1 Å². The Kier molecular flexibility index (Phi) is 3.86. The Hall–Kier alpha value is -2.70. The summed E-state index contributed by atoms with van der Waals surface area (Å²) in [6.07, 6.45) is 3.94. The van der Waals surface area contributed by atoms with Crippen molar-refractivity contribution in [3.63, 3.8) is 0 Å². The largest absolute Gasteiger partial charge is 0.472 e. The van der Waals surface area contributed by atoms with Gasteiger partial charge in [0.05, 0.1) is 11.5 Å². The molecule has 1 fully saturated rings. The van der Waals surface area contributed by atoms with Crippen molar-refractivity contribution in [2.45, 2.75) is 19.4 Å². The van der Waals surface area contributed by atoms with Crippen LogP contribution in [0, 0.1) is 17.0 Å². The maximum absolute atomic E-state index is 10.6. The number of nitro groups is 1. The van der Waals surface area contributed by atoms with E-state index in [2.05, 4.69) is 14.9 Å². The lowest BCUT2D eigenvalue weighted by Crippen LogP contribution is -2.24. The molecule has 0 bridgehead atoms. The van der Waals surface area contributed by atoms with Crippen LogP contribution in [0.3, 0.4) is 0 Å². The Balaban J connectivity index is 1.62. The molecule has 7 heteroatoms. The van der Waals surface area contributed by atoms with Crippen LogP contribution in [0.2, 0.25) is 0 Å². The second kappa shape index (κ2) is 5.97. The summed E-state index contributed by atoms with van der Waals surface area (Å²) in [5.41, 5.74) is 2.09. The van der Waals surface area contributed by atoms with Crippen molar-refractivity contribution in [2.24, 2.45) is 0 Å². The van der Waals surface area contributed by atoms with Gasteiger partial charge >= 0.3 is 0 Å². The van der Waals surface area contributed by atoms with Crippen LogP contribution in [0.15, 0.2) is 36.7 Å². The number of anilines is 1. The van der Waals surface area contributed by atoms with Crippen LogP contribution < -0.4 is 9.64 Å². The Morgan fingerprint density at radius 1 is 1.36 bits per heavy atom. The number of pyridine rings is 2. The summed E-state index contributed by atoms with van der Waals surface area (Å²) in [7, 11) is 0. The maximum Gasteiger partial charge on any atom is 0.287 e. The molecule has 0 aliphatic carbocycles. The van der Waals surface area contributed by atoms with Gasteiger partial charge in [-0.05, 0) is 19.1 Å². The monoisotopic (exact) mass is 300 g/mol. The van der Waals surface area contributed by atoms with Gasteiger partial charge in [0.2, 0.25) is 5.88 Å². The highest BCUT2D eigenvalue weighted by Gasteiger charge is 2.24. The first-order chi connectivity index (χ1) is 10.6. The third kappa shape index (κ3) is 3.13. The van der Waals surface area contributed by atoms with Crippen LogP contribution in [0.1, 0.15) is 12.1 Å². The molecule has 2 aromatic rings. The highest BCUT2D eigenvalue weighted by molar-refractivity contribution is 5.47. The minimum atomic E-state index is -0.472. The summed E-state index contributed by atoms with van der Waals surface area (Å²) in [6.45, 7) is 3.64. The summed E-state index contributed by atoms with van der Waals surface area (Å²) < 4.78 is 5.80. The molecule has 0 N–H and O–H groups in total. The number of nitrogens with zero attached hydrogens (tertiary/aromatic N) is 4. The normalized spacial score (nSPS) is 17.5. The smallest absolute Gasteiger partial charge is 0.287 e. The van der Waals surface area contributed by atoms with Crippen molar-refractivity contribution < 1.29 is 9.66 Å². The van der Waals surface area contributed by atoms with Crippen LogP contribution in [0.25, 0.3) is 0 Å². The van der Waals surface area contributed by atoms with Crippen LogP contribution in [0.4, 0.5) is 11.4 Å². The fourth-order valence-electron chi connectivity index (χ4n) is 2.51. The van der Waals surface area contributed by atoms with Gasteiger partial charge in [0.25, 0.3) is 5.69 Å². The Morgan fingerprint density at radius 3 is 2.91 bits per heavy atom. The number of aromatic nitrogens is 2. The molecular weight excluding hydrogens is 284 g/mol. The zero-order chi connectivity index (χ0) is 15.5. The van der Waals surface area contributed by atoms with E-state index >= 15 is 0 Å². The molecule has 7 nitrogen and oxygen atoms in total. The first-order valence-electron chi connectivity index (χ1n) is 7.06.